The van der Waals surface area contributed by atoms with Crippen LogP contribution in [-0.4, -0.2) is 49.4 Å². The summed E-state index contributed by atoms with van der Waals surface area (Å²) in [6, 6.07) is 5.64. The average molecular weight is 331 g/mol. The maximum absolute atomic E-state index is 12.2. The summed E-state index contributed by atoms with van der Waals surface area (Å²) < 4.78 is 12.4. The number of piperidine rings is 1. The third-order valence-corrected chi connectivity index (χ3v) is 4.59. The minimum atomic E-state index is -0.318. The molecule has 0 radical (unpaired) electrons. The summed E-state index contributed by atoms with van der Waals surface area (Å²) >= 11 is 0. The van der Waals surface area contributed by atoms with Gasteiger partial charge >= 0.3 is 5.97 Å². The van der Waals surface area contributed by atoms with Gasteiger partial charge in [0.05, 0.1) is 23.7 Å². The van der Waals surface area contributed by atoms with Crippen molar-refractivity contribution in [1.29, 1.82) is 0 Å². The van der Waals surface area contributed by atoms with E-state index in [-0.39, 0.29) is 5.97 Å². The Morgan fingerprint density at radius 3 is 3.00 bits per heavy atom. The number of carbonyl (C=O) groups is 1. The van der Waals surface area contributed by atoms with E-state index in [9.17, 15) is 4.79 Å². The third kappa shape index (κ3) is 3.30. The molecule has 24 heavy (non-hydrogen) atoms. The maximum Gasteiger partial charge on any atom is 0.340 e. The van der Waals surface area contributed by atoms with Crippen LogP contribution in [0.15, 0.2) is 18.2 Å². The number of methoxy groups -OCH3 is 2. The number of fused-ring (bicyclic) bond motifs is 1. The molecule has 6 nitrogen and oxygen atoms in total. The molecule has 0 amide bonds. The van der Waals surface area contributed by atoms with Gasteiger partial charge in [0.25, 0.3) is 0 Å². The van der Waals surface area contributed by atoms with Crippen LogP contribution in [0.2, 0.25) is 0 Å². The highest BCUT2D eigenvalue weighted by atomic mass is 16.5. The number of nitrogens with one attached hydrogen (secondary N) is 1. The topological polar surface area (TPSA) is 65.4 Å². The molecular formula is C18H25N3O3. The van der Waals surface area contributed by atoms with Crippen LogP contribution in [0.1, 0.15) is 41.4 Å². The average Bonchev–Trinajstić information content (AvgIpc) is 3.01. The highest BCUT2D eigenvalue weighted by Crippen LogP contribution is 2.29. The fourth-order valence-corrected chi connectivity index (χ4v) is 3.46. The monoisotopic (exact) mass is 331 g/mol. The summed E-state index contributed by atoms with van der Waals surface area (Å²) in [6.07, 6.45) is 3.15. The maximum atomic E-state index is 12.2. The fourth-order valence-electron chi connectivity index (χ4n) is 3.46. The summed E-state index contributed by atoms with van der Waals surface area (Å²) in [6.45, 7) is 3.46. The van der Waals surface area contributed by atoms with Crippen LogP contribution in [0.5, 0.6) is 0 Å². The number of rotatable bonds is 6. The lowest BCUT2D eigenvalue weighted by atomic mass is 9.99. The lowest BCUT2D eigenvalue weighted by Gasteiger charge is -2.23. The summed E-state index contributed by atoms with van der Waals surface area (Å²) in [5.74, 6) is 1.12. The van der Waals surface area contributed by atoms with E-state index in [0.29, 0.717) is 18.1 Å². The molecule has 2 heterocycles. The summed E-state index contributed by atoms with van der Waals surface area (Å²) in [5.41, 5.74) is 2.31. The van der Waals surface area contributed by atoms with Crippen molar-refractivity contribution in [3.63, 3.8) is 0 Å². The van der Waals surface area contributed by atoms with Gasteiger partial charge in [-0.25, -0.2) is 9.78 Å². The minimum Gasteiger partial charge on any atom is -0.465 e. The van der Waals surface area contributed by atoms with Gasteiger partial charge in [-0.1, -0.05) is 6.07 Å². The molecule has 0 aliphatic carbocycles. The number of hydrogen-bond acceptors (Lipinski definition) is 5. The van der Waals surface area contributed by atoms with E-state index in [1.54, 1.807) is 7.11 Å². The Morgan fingerprint density at radius 1 is 1.42 bits per heavy atom. The molecule has 1 saturated heterocycles. The van der Waals surface area contributed by atoms with Crippen LogP contribution in [0.4, 0.5) is 0 Å². The van der Waals surface area contributed by atoms with Crippen LogP contribution in [0.3, 0.4) is 0 Å². The van der Waals surface area contributed by atoms with Gasteiger partial charge in [0, 0.05) is 32.7 Å². The number of esters is 1. The van der Waals surface area contributed by atoms with Gasteiger partial charge in [-0.2, -0.15) is 0 Å². The third-order valence-electron chi connectivity index (χ3n) is 4.59. The van der Waals surface area contributed by atoms with Crippen LogP contribution in [0.25, 0.3) is 11.0 Å². The lowest BCUT2D eigenvalue weighted by molar-refractivity contribution is 0.0602. The van der Waals surface area contributed by atoms with Gasteiger partial charge in [-0.15, -0.1) is 0 Å². The predicted molar refractivity (Wildman–Crippen MR) is 92.4 cm³/mol. The SMILES string of the molecule is COCCCn1c(C2CCCNC2)nc2cccc(C(=O)OC)c21. The van der Waals surface area contributed by atoms with Gasteiger partial charge < -0.3 is 19.4 Å². The van der Waals surface area contributed by atoms with Crippen molar-refractivity contribution in [1.82, 2.24) is 14.9 Å². The molecule has 1 atom stereocenters. The van der Waals surface area contributed by atoms with Crippen LogP contribution < -0.4 is 5.32 Å². The molecule has 1 aromatic carbocycles. The van der Waals surface area contributed by atoms with E-state index in [1.807, 2.05) is 18.2 Å². The molecule has 1 N–H and O–H groups in total. The number of nitrogens with zero attached hydrogens (tertiary/aromatic N) is 2. The number of imidazole rings is 1. The molecule has 2 aromatic rings. The molecule has 1 fully saturated rings. The molecule has 130 valence electrons. The van der Waals surface area contributed by atoms with Crippen molar-refractivity contribution in [2.45, 2.75) is 31.7 Å². The van der Waals surface area contributed by atoms with Crippen molar-refractivity contribution in [3.05, 3.63) is 29.6 Å². The first-order valence-electron chi connectivity index (χ1n) is 8.53. The van der Waals surface area contributed by atoms with Gasteiger partial charge in [0.15, 0.2) is 0 Å². The molecule has 1 aromatic heterocycles. The summed E-state index contributed by atoms with van der Waals surface area (Å²) in [7, 11) is 3.12. The highest BCUT2D eigenvalue weighted by Gasteiger charge is 2.24. The first-order valence-corrected chi connectivity index (χ1v) is 8.53. The zero-order valence-corrected chi connectivity index (χ0v) is 14.4. The Kier molecular flexibility index (Phi) is 5.48. The van der Waals surface area contributed by atoms with Crippen molar-refractivity contribution in [3.8, 4) is 0 Å². The molecule has 0 saturated carbocycles. The van der Waals surface area contributed by atoms with Crippen LogP contribution in [0, 0.1) is 0 Å². The minimum absolute atomic E-state index is 0.318. The first kappa shape index (κ1) is 16.9. The van der Waals surface area contributed by atoms with E-state index in [1.165, 1.54) is 7.11 Å². The molecule has 1 aliphatic rings. The number of carbonyl (C=O) groups excluding carboxylic acids is 1. The Morgan fingerprint density at radius 2 is 2.29 bits per heavy atom. The van der Waals surface area contributed by atoms with Crippen LogP contribution >= 0.6 is 0 Å². The molecule has 0 bridgehead atoms. The first-order chi connectivity index (χ1) is 11.8. The normalized spacial score (nSPS) is 18.0. The standard InChI is InChI=1S/C18H25N3O3/c1-23-11-5-10-21-16-14(18(22)24-2)7-3-8-15(16)20-17(21)13-6-4-9-19-12-13/h3,7-8,13,19H,4-6,9-12H2,1-2H3. The van der Waals surface area contributed by atoms with Crippen molar-refractivity contribution in [2.24, 2.45) is 0 Å². The Bertz CT molecular complexity index is 705. The zero-order chi connectivity index (χ0) is 16.9. The van der Waals surface area contributed by atoms with E-state index in [2.05, 4.69) is 9.88 Å². The zero-order valence-electron chi connectivity index (χ0n) is 14.4. The van der Waals surface area contributed by atoms with E-state index in [4.69, 9.17) is 14.5 Å². The molecule has 0 spiro atoms. The van der Waals surface area contributed by atoms with Gasteiger partial charge in [-0.05, 0) is 37.9 Å². The Labute approximate surface area is 142 Å². The van der Waals surface area contributed by atoms with E-state index < -0.39 is 0 Å². The number of hydrogen-bond donors (Lipinski definition) is 1. The largest absolute Gasteiger partial charge is 0.465 e. The molecule has 6 heteroatoms. The number of para-hydroxylation sites is 1. The predicted octanol–water partition coefficient (Wildman–Crippen LogP) is 2.33. The molecule has 3 rings (SSSR count). The number of aromatic nitrogens is 2. The number of aryl methyl sites for hydroxylation is 1. The smallest absolute Gasteiger partial charge is 0.340 e. The quantitative estimate of drug-likeness (QED) is 0.650. The molecular weight excluding hydrogens is 306 g/mol. The Hall–Kier alpha value is -1.92. The van der Waals surface area contributed by atoms with E-state index >= 15 is 0 Å². The fraction of sp³-hybridized carbons (Fsp3) is 0.556. The highest BCUT2D eigenvalue weighted by molar-refractivity contribution is 6.02. The summed E-state index contributed by atoms with van der Waals surface area (Å²) in [5, 5.41) is 3.45. The van der Waals surface area contributed by atoms with Gasteiger partial charge in [0.1, 0.15) is 5.82 Å². The number of ether oxygens (including phenoxy) is 2. The summed E-state index contributed by atoms with van der Waals surface area (Å²) in [4.78, 5) is 17.1. The molecule has 1 aliphatic heterocycles. The second kappa shape index (κ2) is 7.77. The van der Waals surface area contributed by atoms with E-state index in [0.717, 1.165) is 55.8 Å². The van der Waals surface area contributed by atoms with Crippen LogP contribution in [-0.2, 0) is 16.0 Å². The second-order valence-electron chi connectivity index (χ2n) is 6.18. The van der Waals surface area contributed by atoms with Gasteiger partial charge in [0.2, 0.25) is 0 Å². The Balaban J connectivity index is 2.08. The number of benzene rings is 1. The second-order valence-corrected chi connectivity index (χ2v) is 6.18. The van der Waals surface area contributed by atoms with Crippen molar-refractivity contribution >= 4 is 17.0 Å². The van der Waals surface area contributed by atoms with Gasteiger partial charge in [-0.3, -0.25) is 0 Å². The lowest BCUT2D eigenvalue weighted by Crippen LogP contribution is -2.30. The van der Waals surface area contributed by atoms with Crippen molar-refractivity contribution in [2.75, 3.05) is 33.9 Å². The van der Waals surface area contributed by atoms with Crippen molar-refractivity contribution < 1.29 is 14.3 Å². The molecule has 1 unspecified atom stereocenters.